The van der Waals surface area contributed by atoms with Crippen LogP contribution in [-0.4, -0.2) is 47.5 Å². The number of rotatable bonds is 5. The van der Waals surface area contributed by atoms with Gasteiger partial charge in [-0.2, -0.15) is 0 Å². The van der Waals surface area contributed by atoms with Crippen LogP contribution in [0.25, 0.3) is 0 Å². The number of nitrogens with zero attached hydrogens (tertiary/aromatic N) is 4. The Hall–Kier alpha value is -2.81. The lowest BCUT2D eigenvalue weighted by Crippen LogP contribution is -2.36. The Balaban J connectivity index is 1.87. The van der Waals surface area contributed by atoms with E-state index in [0.29, 0.717) is 31.3 Å². The van der Waals surface area contributed by atoms with Gasteiger partial charge in [-0.3, -0.25) is 14.2 Å². The summed E-state index contributed by atoms with van der Waals surface area (Å²) in [7, 11) is 1.51. The van der Waals surface area contributed by atoms with Gasteiger partial charge in [-0.15, -0.1) is 10.2 Å². The minimum atomic E-state index is -0.583. The predicted octanol–water partition coefficient (Wildman–Crippen LogP) is 0.305. The van der Waals surface area contributed by atoms with Gasteiger partial charge in [0.25, 0.3) is 11.5 Å². The number of anilines is 2. The van der Waals surface area contributed by atoms with Crippen molar-refractivity contribution in [3.8, 4) is 0 Å². The van der Waals surface area contributed by atoms with Crippen LogP contribution < -0.4 is 15.8 Å². The van der Waals surface area contributed by atoms with E-state index in [2.05, 4.69) is 15.5 Å². The third kappa shape index (κ3) is 2.98. The van der Waals surface area contributed by atoms with Crippen LogP contribution in [0, 0.1) is 5.82 Å². The molecule has 1 aromatic heterocycles. The molecule has 0 aliphatic carbocycles. The Morgan fingerprint density at radius 3 is 2.75 bits per heavy atom. The van der Waals surface area contributed by atoms with Crippen LogP contribution in [0.4, 0.5) is 16.0 Å². The summed E-state index contributed by atoms with van der Waals surface area (Å²) in [5, 5.41) is 10.3. The molecule has 0 saturated heterocycles. The fourth-order valence-corrected chi connectivity index (χ4v) is 2.47. The van der Waals surface area contributed by atoms with Crippen molar-refractivity contribution >= 4 is 17.5 Å². The van der Waals surface area contributed by atoms with Crippen LogP contribution in [0.15, 0.2) is 29.1 Å². The van der Waals surface area contributed by atoms with E-state index in [-0.39, 0.29) is 18.1 Å². The Morgan fingerprint density at radius 2 is 2.04 bits per heavy atom. The van der Waals surface area contributed by atoms with E-state index in [0.717, 1.165) is 0 Å². The summed E-state index contributed by atoms with van der Waals surface area (Å²) in [4.78, 5) is 26.2. The number of ether oxygens (including phenoxy) is 1. The van der Waals surface area contributed by atoms with Crippen molar-refractivity contribution in [2.75, 3.05) is 31.7 Å². The molecule has 0 unspecified atom stereocenters. The molecule has 1 amide bonds. The van der Waals surface area contributed by atoms with Gasteiger partial charge in [0.1, 0.15) is 5.82 Å². The van der Waals surface area contributed by atoms with Gasteiger partial charge in [-0.05, 0) is 24.3 Å². The van der Waals surface area contributed by atoms with E-state index >= 15 is 0 Å². The van der Waals surface area contributed by atoms with Crippen molar-refractivity contribution in [3.05, 3.63) is 46.1 Å². The standard InChI is InChI=1S/C15H16FN5O3/c1-24-9-6-17-13(22)12-14(23)21-8-7-20(15(21)19-18-12)11-4-2-10(16)3-5-11/h2-5H,6-9H2,1H3,(H,17,22). The molecule has 0 atom stereocenters. The zero-order chi connectivity index (χ0) is 17.1. The van der Waals surface area contributed by atoms with Crippen LogP contribution in [0.2, 0.25) is 0 Å². The summed E-state index contributed by atoms with van der Waals surface area (Å²) in [6.45, 7) is 1.48. The lowest BCUT2D eigenvalue weighted by atomic mass is 10.3. The zero-order valence-electron chi connectivity index (χ0n) is 13.0. The first kappa shape index (κ1) is 16.1. The van der Waals surface area contributed by atoms with Gasteiger partial charge in [0.05, 0.1) is 6.61 Å². The Morgan fingerprint density at radius 1 is 1.29 bits per heavy atom. The molecule has 2 heterocycles. The predicted molar refractivity (Wildman–Crippen MR) is 83.9 cm³/mol. The fraction of sp³-hybridized carbons (Fsp3) is 0.333. The molecule has 2 aromatic rings. The third-order valence-corrected chi connectivity index (χ3v) is 3.66. The molecule has 24 heavy (non-hydrogen) atoms. The Bertz CT molecular complexity index is 806. The van der Waals surface area contributed by atoms with Gasteiger partial charge >= 0.3 is 0 Å². The molecule has 126 valence electrons. The summed E-state index contributed by atoms with van der Waals surface area (Å²) >= 11 is 0. The van der Waals surface area contributed by atoms with E-state index in [1.807, 2.05) is 0 Å². The van der Waals surface area contributed by atoms with Gasteiger partial charge in [0.15, 0.2) is 0 Å². The normalized spacial score (nSPS) is 13.0. The van der Waals surface area contributed by atoms with E-state index in [1.165, 1.54) is 23.8 Å². The number of carbonyl (C=O) groups is 1. The Kier molecular flexibility index (Phi) is 4.52. The summed E-state index contributed by atoms with van der Waals surface area (Å²) in [6.07, 6.45) is 0. The highest BCUT2D eigenvalue weighted by Crippen LogP contribution is 2.26. The van der Waals surface area contributed by atoms with Gasteiger partial charge in [-0.1, -0.05) is 0 Å². The second kappa shape index (κ2) is 6.75. The molecule has 3 rings (SSSR count). The Labute approximate surface area is 136 Å². The fourth-order valence-electron chi connectivity index (χ4n) is 2.47. The molecule has 0 bridgehead atoms. The molecule has 1 N–H and O–H groups in total. The largest absolute Gasteiger partial charge is 0.383 e. The van der Waals surface area contributed by atoms with Crippen LogP contribution in [0.5, 0.6) is 0 Å². The zero-order valence-corrected chi connectivity index (χ0v) is 13.0. The molecular weight excluding hydrogens is 317 g/mol. The number of fused-ring (bicyclic) bond motifs is 1. The van der Waals surface area contributed by atoms with E-state index in [9.17, 15) is 14.0 Å². The summed E-state index contributed by atoms with van der Waals surface area (Å²) < 4.78 is 19.3. The van der Waals surface area contributed by atoms with Gasteiger partial charge in [0.2, 0.25) is 11.6 Å². The van der Waals surface area contributed by atoms with Crippen molar-refractivity contribution < 1.29 is 13.9 Å². The molecule has 8 nitrogen and oxygen atoms in total. The lowest BCUT2D eigenvalue weighted by molar-refractivity contribution is 0.0928. The number of nitrogens with one attached hydrogen (secondary N) is 1. The number of methoxy groups -OCH3 is 1. The molecule has 0 spiro atoms. The molecule has 0 radical (unpaired) electrons. The number of aromatic nitrogens is 3. The number of carbonyl (C=O) groups excluding carboxylic acids is 1. The average molecular weight is 333 g/mol. The monoisotopic (exact) mass is 333 g/mol. The van der Waals surface area contributed by atoms with Crippen molar-refractivity contribution in [1.29, 1.82) is 0 Å². The van der Waals surface area contributed by atoms with Gasteiger partial charge in [0, 0.05) is 32.4 Å². The quantitative estimate of drug-likeness (QED) is 0.792. The number of benzene rings is 1. The van der Waals surface area contributed by atoms with Crippen molar-refractivity contribution in [1.82, 2.24) is 20.1 Å². The van der Waals surface area contributed by atoms with E-state index in [4.69, 9.17) is 4.74 Å². The number of halogens is 1. The van der Waals surface area contributed by atoms with Crippen LogP contribution >= 0.6 is 0 Å². The van der Waals surface area contributed by atoms with Gasteiger partial charge < -0.3 is 15.0 Å². The first-order chi connectivity index (χ1) is 11.6. The van der Waals surface area contributed by atoms with Crippen LogP contribution in [0.3, 0.4) is 0 Å². The minimum Gasteiger partial charge on any atom is -0.383 e. The van der Waals surface area contributed by atoms with Crippen molar-refractivity contribution in [3.63, 3.8) is 0 Å². The maximum Gasteiger partial charge on any atom is 0.286 e. The maximum absolute atomic E-state index is 13.0. The van der Waals surface area contributed by atoms with Crippen LogP contribution in [0.1, 0.15) is 10.5 Å². The summed E-state index contributed by atoms with van der Waals surface area (Å²) in [5.41, 5.74) is -0.0519. The minimum absolute atomic E-state index is 0.254. The first-order valence-electron chi connectivity index (χ1n) is 7.39. The highest BCUT2D eigenvalue weighted by Gasteiger charge is 2.27. The first-order valence-corrected chi connectivity index (χ1v) is 7.39. The number of amides is 1. The molecule has 9 heteroatoms. The van der Waals surface area contributed by atoms with Crippen molar-refractivity contribution in [2.24, 2.45) is 0 Å². The van der Waals surface area contributed by atoms with Crippen LogP contribution in [-0.2, 0) is 11.3 Å². The highest BCUT2D eigenvalue weighted by atomic mass is 19.1. The molecular formula is C15H16FN5O3. The molecule has 1 aromatic carbocycles. The molecule has 0 fully saturated rings. The van der Waals surface area contributed by atoms with Gasteiger partial charge in [-0.25, -0.2) is 4.39 Å². The SMILES string of the molecule is COCCNC(=O)c1nnc2n(c1=O)CCN2c1ccc(F)cc1. The maximum atomic E-state index is 13.0. The molecule has 1 aliphatic rings. The second-order valence-electron chi connectivity index (χ2n) is 5.18. The summed E-state index contributed by atoms with van der Waals surface area (Å²) in [6, 6.07) is 5.87. The molecule has 1 aliphatic heterocycles. The smallest absolute Gasteiger partial charge is 0.286 e. The second-order valence-corrected chi connectivity index (χ2v) is 5.18. The third-order valence-electron chi connectivity index (χ3n) is 3.66. The van der Waals surface area contributed by atoms with E-state index in [1.54, 1.807) is 17.0 Å². The number of hydrogen-bond donors (Lipinski definition) is 1. The lowest BCUT2D eigenvalue weighted by Gasteiger charge is -2.16. The topological polar surface area (TPSA) is 89.3 Å². The van der Waals surface area contributed by atoms with E-state index < -0.39 is 11.5 Å². The number of hydrogen-bond acceptors (Lipinski definition) is 6. The summed E-state index contributed by atoms with van der Waals surface area (Å²) in [5.74, 6) is -0.593. The molecule has 0 saturated carbocycles. The van der Waals surface area contributed by atoms with Crippen molar-refractivity contribution in [2.45, 2.75) is 6.54 Å². The average Bonchev–Trinajstić information content (AvgIpc) is 3.01. The highest BCUT2D eigenvalue weighted by molar-refractivity contribution is 5.91.